The van der Waals surface area contributed by atoms with Crippen molar-refractivity contribution in [2.45, 2.75) is 130 Å². The van der Waals surface area contributed by atoms with E-state index in [1.54, 1.807) is 0 Å². The third kappa shape index (κ3) is 14.6. The van der Waals surface area contributed by atoms with Gasteiger partial charge in [0.1, 0.15) is 0 Å². The predicted octanol–water partition coefficient (Wildman–Crippen LogP) is 7.63. The maximum absolute atomic E-state index is 12.3. The van der Waals surface area contributed by atoms with Gasteiger partial charge in [-0.25, -0.2) is 0 Å². The zero-order valence-corrected chi connectivity index (χ0v) is 20.8. The van der Waals surface area contributed by atoms with Crippen molar-refractivity contribution >= 4 is 11.9 Å². The minimum Gasteiger partial charge on any atom is -0.465 e. The van der Waals surface area contributed by atoms with Crippen molar-refractivity contribution in [3.8, 4) is 0 Å². The summed E-state index contributed by atoms with van der Waals surface area (Å²) in [4.78, 5) is 24.6. The second-order valence-corrected chi connectivity index (χ2v) is 9.96. The number of carbonyl (C=O) groups is 2. The smallest absolute Gasteiger partial charge is 0.308 e. The van der Waals surface area contributed by atoms with Gasteiger partial charge < -0.3 is 9.47 Å². The van der Waals surface area contributed by atoms with E-state index in [0.29, 0.717) is 13.2 Å². The van der Waals surface area contributed by atoms with Gasteiger partial charge in [-0.05, 0) is 44.4 Å². The highest BCUT2D eigenvalue weighted by Crippen LogP contribution is 2.30. The standard InChI is InChI=1S/C27H50O4/c1-4-5-6-7-8-11-14-21-30-26(28)24-17-19-25(20-18-24)27(29)31-22-15-12-9-10-13-16-23(2)3/h23-25H,4-22H2,1-3H3. The fourth-order valence-corrected chi connectivity index (χ4v) is 4.39. The first-order valence-corrected chi connectivity index (χ1v) is 13.4. The number of hydrogen-bond donors (Lipinski definition) is 0. The van der Waals surface area contributed by atoms with E-state index in [9.17, 15) is 9.59 Å². The molecule has 0 aromatic carbocycles. The van der Waals surface area contributed by atoms with Gasteiger partial charge >= 0.3 is 11.9 Å². The van der Waals surface area contributed by atoms with E-state index in [1.807, 2.05) is 0 Å². The first kappa shape index (κ1) is 28.0. The Morgan fingerprint density at radius 3 is 1.45 bits per heavy atom. The van der Waals surface area contributed by atoms with Crippen LogP contribution in [0.5, 0.6) is 0 Å². The van der Waals surface area contributed by atoms with Gasteiger partial charge in [-0.2, -0.15) is 0 Å². The molecule has 4 nitrogen and oxygen atoms in total. The zero-order chi connectivity index (χ0) is 22.7. The molecule has 0 amide bonds. The van der Waals surface area contributed by atoms with Gasteiger partial charge in [-0.3, -0.25) is 9.59 Å². The van der Waals surface area contributed by atoms with Gasteiger partial charge in [0.05, 0.1) is 25.0 Å². The molecular formula is C27H50O4. The van der Waals surface area contributed by atoms with Crippen molar-refractivity contribution < 1.29 is 19.1 Å². The molecule has 0 unspecified atom stereocenters. The molecule has 1 aliphatic carbocycles. The minimum atomic E-state index is -0.0605. The lowest BCUT2D eigenvalue weighted by Crippen LogP contribution is -2.28. The quantitative estimate of drug-likeness (QED) is 0.163. The summed E-state index contributed by atoms with van der Waals surface area (Å²) in [6, 6.07) is 0. The largest absolute Gasteiger partial charge is 0.465 e. The van der Waals surface area contributed by atoms with Crippen molar-refractivity contribution in [1.82, 2.24) is 0 Å². The first-order valence-electron chi connectivity index (χ1n) is 13.4. The Bertz CT molecular complexity index is 452. The van der Waals surface area contributed by atoms with Crippen molar-refractivity contribution in [2.75, 3.05) is 13.2 Å². The predicted molar refractivity (Wildman–Crippen MR) is 128 cm³/mol. The lowest BCUT2D eigenvalue weighted by molar-refractivity contribution is -0.155. The van der Waals surface area contributed by atoms with Crippen LogP contribution in [0, 0.1) is 17.8 Å². The van der Waals surface area contributed by atoms with Crippen LogP contribution in [0.4, 0.5) is 0 Å². The maximum atomic E-state index is 12.3. The summed E-state index contributed by atoms with van der Waals surface area (Å²) in [6.45, 7) is 7.86. The topological polar surface area (TPSA) is 52.6 Å². The van der Waals surface area contributed by atoms with Crippen LogP contribution in [0.25, 0.3) is 0 Å². The van der Waals surface area contributed by atoms with Crippen LogP contribution in [-0.4, -0.2) is 25.2 Å². The summed E-state index contributed by atoms with van der Waals surface area (Å²) >= 11 is 0. The van der Waals surface area contributed by atoms with Crippen LogP contribution in [0.3, 0.4) is 0 Å². The van der Waals surface area contributed by atoms with E-state index >= 15 is 0 Å². The monoisotopic (exact) mass is 438 g/mol. The molecule has 0 saturated heterocycles. The summed E-state index contributed by atoms with van der Waals surface area (Å²) in [5.41, 5.74) is 0. The summed E-state index contributed by atoms with van der Waals surface area (Å²) < 4.78 is 11.0. The molecular weight excluding hydrogens is 388 g/mol. The van der Waals surface area contributed by atoms with Gasteiger partial charge in [0.25, 0.3) is 0 Å². The molecule has 0 spiro atoms. The van der Waals surface area contributed by atoms with Gasteiger partial charge in [0.15, 0.2) is 0 Å². The molecule has 0 radical (unpaired) electrons. The summed E-state index contributed by atoms with van der Waals surface area (Å²) in [6.07, 6.45) is 18.8. The van der Waals surface area contributed by atoms with E-state index in [4.69, 9.17) is 9.47 Å². The van der Waals surface area contributed by atoms with Crippen LogP contribution in [0.2, 0.25) is 0 Å². The van der Waals surface area contributed by atoms with E-state index < -0.39 is 0 Å². The van der Waals surface area contributed by atoms with Crippen molar-refractivity contribution in [3.63, 3.8) is 0 Å². The molecule has 0 aliphatic heterocycles. The Morgan fingerprint density at radius 2 is 1.03 bits per heavy atom. The fraction of sp³-hybridized carbons (Fsp3) is 0.926. The Balaban J connectivity index is 2.00. The van der Waals surface area contributed by atoms with Crippen LogP contribution in [0.1, 0.15) is 130 Å². The highest BCUT2D eigenvalue weighted by atomic mass is 16.5. The number of carbonyl (C=O) groups excluding carboxylic acids is 2. The molecule has 0 heterocycles. The highest BCUT2D eigenvalue weighted by Gasteiger charge is 2.31. The molecule has 0 bridgehead atoms. The number of unbranched alkanes of at least 4 members (excludes halogenated alkanes) is 10. The molecule has 0 atom stereocenters. The molecule has 1 rings (SSSR count). The highest BCUT2D eigenvalue weighted by molar-refractivity contribution is 5.75. The summed E-state index contributed by atoms with van der Waals surface area (Å²) in [5.74, 6) is 0.616. The number of ether oxygens (including phenoxy) is 2. The molecule has 182 valence electrons. The fourth-order valence-electron chi connectivity index (χ4n) is 4.39. The van der Waals surface area contributed by atoms with Gasteiger partial charge in [-0.15, -0.1) is 0 Å². The van der Waals surface area contributed by atoms with E-state index in [-0.39, 0.29) is 23.8 Å². The molecule has 0 aromatic rings. The lowest BCUT2D eigenvalue weighted by atomic mass is 9.82. The van der Waals surface area contributed by atoms with E-state index in [2.05, 4.69) is 20.8 Å². The molecule has 4 heteroatoms. The van der Waals surface area contributed by atoms with E-state index in [0.717, 1.165) is 57.3 Å². The summed E-state index contributed by atoms with van der Waals surface area (Å²) in [7, 11) is 0. The van der Waals surface area contributed by atoms with Gasteiger partial charge in [0, 0.05) is 0 Å². The summed E-state index contributed by atoms with van der Waals surface area (Å²) in [5, 5.41) is 0. The number of esters is 2. The normalized spacial score (nSPS) is 18.8. The Hall–Kier alpha value is -1.06. The van der Waals surface area contributed by atoms with Crippen molar-refractivity contribution in [3.05, 3.63) is 0 Å². The SMILES string of the molecule is CCCCCCCCCOC(=O)C1CCC(C(=O)OCCCCCCCC(C)C)CC1. The Kier molecular flexibility index (Phi) is 16.7. The van der Waals surface area contributed by atoms with E-state index in [1.165, 1.54) is 57.8 Å². The van der Waals surface area contributed by atoms with Gasteiger partial charge in [0.2, 0.25) is 0 Å². The minimum absolute atomic E-state index is 0.0283. The average Bonchev–Trinajstić information content (AvgIpc) is 2.77. The molecule has 31 heavy (non-hydrogen) atoms. The lowest BCUT2D eigenvalue weighted by Gasteiger charge is -2.26. The molecule has 1 fully saturated rings. The van der Waals surface area contributed by atoms with Crippen LogP contribution in [-0.2, 0) is 19.1 Å². The molecule has 0 aromatic heterocycles. The zero-order valence-electron chi connectivity index (χ0n) is 20.8. The third-order valence-electron chi connectivity index (χ3n) is 6.56. The number of rotatable bonds is 18. The van der Waals surface area contributed by atoms with Crippen LogP contribution < -0.4 is 0 Å². The van der Waals surface area contributed by atoms with Gasteiger partial charge in [-0.1, -0.05) is 91.4 Å². The maximum Gasteiger partial charge on any atom is 0.308 e. The molecule has 1 aliphatic rings. The molecule has 1 saturated carbocycles. The third-order valence-corrected chi connectivity index (χ3v) is 6.56. The van der Waals surface area contributed by atoms with Crippen molar-refractivity contribution in [1.29, 1.82) is 0 Å². The Labute approximate surface area is 192 Å². The van der Waals surface area contributed by atoms with Crippen LogP contribution in [0.15, 0.2) is 0 Å². The average molecular weight is 439 g/mol. The second kappa shape index (κ2) is 18.5. The van der Waals surface area contributed by atoms with Crippen molar-refractivity contribution in [2.24, 2.45) is 17.8 Å². The van der Waals surface area contributed by atoms with Crippen LogP contribution >= 0.6 is 0 Å². The number of hydrogen-bond acceptors (Lipinski definition) is 4. The second-order valence-electron chi connectivity index (χ2n) is 9.96. The Morgan fingerprint density at radius 1 is 0.645 bits per heavy atom. The molecule has 0 N–H and O–H groups in total. The first-order chi connectivity index (χ1) is 15.0.